The lowest BCUT2D eigenvalue weighted by atomic mass is 10.0. The molecular weight excluding hydrogens is 366 g/mol. The lowest BCUT2D eigenvalue weighted by Crippen LogP contribution is -2.30. The summed E-state index contributed by atoms with van der Waals surface area (Å²) in [5, 5.41) is 4.82. The Hall–Kier alpha value is -3.05. The van der Waals surface area contributed by atoms with E-state index in [1.54, 1.807) is 30.3 Å². The number of amides is 1. The summed E-state index contributed by atoms with van der Waals surface area (Å²) >= 11 is 5.96. The Labute approximate surface area is 161 Å². The SMILES string of the molecule is COc1ccc(Cl)cc1NC(=O)[C@H](C)OC(=O)c1cccc2ccccc12. The summed E-state index contributed by atoms with van der Waals surface area (Å²) < 4.78 is 10.6. The molecule has 1 N–H and O–H groups in total. The highest BCUT2D eigenvalue weighted by molar-refractivity contribution is 6.31. The minimum Gasteiger partial charge on any atom is -0.495 e. The van der Waals surface area contributed by atoms with Crippen LogP contribution in [0.25, 0.3) is 10.8 Å². The molecular formula is C21H18ClNO4. The van der Waals surface area contributed by atoms with E-state index in [0.29, 0.717) is 22.0 Å². The predicted molar refractivity (Wildman–Crippen MR) is 105 cm³/mol. The van der Waals surface area contributed by atoms with Crippen molar-refractivity contribution < 1.29 is 19.1 Å². The number of benzene rings is 3. The fourth-order valence-electron chi connectivity index (χ4n) is 2.69. The highest BCUT2D eigenvalue weighted by Gasteiger charge is 2.21. The van der Waals surface area contributed by atoms with Crippen LogP contribution < -0.4 is 10.1 Å². The summed E-state index contributed by atoms with van der Waals surface area (Å²) in [4.78, 5) is 25.0. The number of carbonyl (C=O) groups is 2. The van der Waals surface area contributed by atoms with E-state index in [9.17, 15) is 9.59 Å². The Morgan fingerprint density at radius 2 is 1.78 bits per heavy atom. The van der Waals surface area contributed by atoms with Crippen molar-refractivity contribution in [2.75, 3.05) is 12.4 Å². The maximum absolute atomic E-state index is 12.6. The predicted octanol–water partition coefficient (Wildman–Crippen LogP) is 4.69. The van der Waals surface area contributed by atoms with E-state index in [1.807, 2.05) is 30.3 Å². The first kappa shape index (κ1) is 18.7. The van der Waals surface area contributed by atoms with Gasteiger partial charge in [-0.25, -0.2) is 4.79 Å². The molecule has 1 atom stereocenters. The second-order valence-electron chi connectivity index (χ2n) is 5.91. The van der Waals surface area contributed by atoms with Gasteiger partial charge in [-0.05, 0) is 42.0 Å². The number of fused-ring (bicyclic) bond motifs is 1. The summed E-state index contributed by atoms with van der Waals surface area (Å²) in [5.41, 5.74) is 0.816. The molecule has 0 saturated heterocycles. The van der Waals surface area contributed by atoms with Crippen LogP contribution in [0, 0.1) is 0 Å². The van der Waals surface area contributed by atoms with Gasteiger partial charge in [0.2, 0.25) is 0 Å². The highest BCUT2D eigenvalue weighted by atomic mass is 35.5. The van der Waals surface area contributed by atoms with Crippen LogP contribution in [0.15, 0.2) is 60.7 Å². The van der Waals surface area contributed by atoms with Crippen LogP contribution >= 0.6 is 11.6 Å². The van der Waals surface area contributed by atoms with Gasteiger partial charge >= 0.3 is 5.97 Å². The maximum atomic E-state index is 12.6. The minimum absolute atomic E-state index is 0.406. The summed E-state index contributed by atoms with van der Waals surface area (Å²) in [6.45, 7) is 1.51. The first-order valence-electron chi connectivity index (χ1n) is 8.32. The third-order valence-corrected chi connectivity index (χ3v) is 4.32. The Bertz CT molecular complexity index is 997. The van der Waals surface area contributed by atoms with Gasteiger partial charge in [-0.3, -0.25) is 4.79 Å². The van der Waals surface area contributed by atoms with Crippen LogP contribution in [0.3, 0.4) is 0 Å². The lowest BCUT2D eigenvalue weighted by molar-refractivity contribution is -0.123. The second-order valence-corrected chi connectivity index (χ2v) is 6.34. The zero-order valence-corrected chi connectivity index (χ0v) is 15.6. The molecule has 0 saturated carbocycles. The number of nitrogens with one attached hydrogen (secondary N) is 1. The van der Waals surface area contributed by atoms with Crippen LogP contribution in [0.5, 0.6) is 5.75 Å². The molecule has 0 heterocycles. The number of hydrogen-bond acceptors (Lipinski definition) is 4. The highest BCUT2D eigenvalue weighted by Crippen LogP contribution is 2.28. The van der Waals surface area contributed by atoms with E-state index in [1.165, 1.54) is 14.0 Å². The molecule has 5 nitrogen and oxygen atoms in total. The molecule has 0 fully saturated rings. The summed E-state index contributed by atoms with van der Waals surface area (Å²) in [7, 11) is 1.49. The zero-order chi connectivity index (χ0) is 19.4. The molecule has 3 aromatic carbocycles. The standard InChI is InChI=1S/C21H18ClNO4/c1-13(20(24)23-18-12-15(22)10-11-19(18)26-2)27-21(25)17-9-5-7-14-6-3-4-8-16(14)17/h3-13H,1-2H3,(H,23,24)/t13-/m0/s1. The molecule has 0 spiro atoms. The van der Waals surface area contributed by atoms with Gasteiger partial charge in [-0.15, -0.1) is 0 Å². The van der Waals surface area contributed by atoms with Gasteiger partial charge in [0.15, 0.2) is 6.10 Å². The van der Waals surface area contributed by atoms with Crippen molar-refractivity contribution in [1.29, 1.82) is 0 Å². The Kier molecular flexibility index (Phi) is 5.62. The molecule has 6 heteroatoms. The molecule has 3 rings (SSSR count). The number of hydrogen-bond donors (Lipinski definition) is 1. The monoisotopic (exact) mass is 383 g/mol. The number of rotatable bonds is 5. The second kappa shape index (κ2) is 8.10. The molecule has 0 aliphatic rings. The molecule has 0 aromatic heterocycles. The molecule has 27 heavy (non-hydrogen) atoms. The topological polar surface area (TPSA) is 64.6 Å². The zero-order valence-electron chi connectivity index (χ0n) is 14.9. The van der Waals surface area contributed by atoms with Crippen molar-refractivity contribution in [2.45, 2.75) is 13.0 Å². The van der Waals surface area contributed by atoms with Crippen molar-refractivity contribution in [3.05, 3.63) is 71.2 Å². The Balaban J connectivity index is 1.74. The number of anilines is 1. The van der Waals surface area contributed by atoms with E-state index in [0.717, 1.165) is 10.8 Å². The van der Waals surface area contributed by atoms with Crippen molar-refractivity contribution in [2.24, 2.45) is 0 Å². The Morgan fingerprint density at radius 1 is 1.04 bits per heavy atom. The molecule has 0 aliphatic heterocycles. The van der Waals surface area contributed by atoms with E-state index >= 15 is 0 Å². The quantitative estimate of drug-likeness (QED) is 0.649. The van der Waals surface area contributed by atoms with Gasteiger partial charge in [0.1, 0.15) is 5.75 Å². The molecule has 0 bridgehead atoms. The average Bonchev–Trinajstić information content (AvgIpc) is 2.67. The first-order valence-corrected chi connectivity index (χ1v) is 8.70. The van der Waals surface area contributed by atoms with Crippen molar-refractivity contribution in [3.63, 3.8) is 0 Å². The number of halogens is 1. The maximum Gasteiger partial charge on any atom is 0.339 e. The van der Waals surface area contributed by atoms with Gasteiger partial charge in [-0.2, -0.15) is 0 Å². The third-order valence-electron chi connectivity index (χ3n) is 4.08. The molecule has 138 valence electrons. The van der Waals surface area contributed by atoms with E-state index in [-0.39, 0.29) is 0 Å². The summed E-state index contributed by atoms with van der Waals surface area (Å²) in [6.07, 6.45) is -1.000. The fourth-order valence-corrected chi connectivity index (χ4v) is 2.87. The largest absolute Gasteiger partial charge is 0.495 e. The average molecular weight is 384 g/mol. The van der Waals surface area contributed by atoms with E-state index < -0.39 is 18.0 Å². The molecule has 1 amide bonds. The van der Waals surface area contributed by atoms with Crippen molar-refractivity contribution >= 4 is 39.9 Å². The van der Waals surface area contributed by atoms with E-state index in [4.69, 9.17) is 21.1 Å². The van der Waals surface area contributed by atoms with Crippen LogP contribution in [-0.2, 0) is 9.53 Å². The lowest BCUT2D eigenvalue weighted by Gasteiger charge is -2.16. The van der Waals surface area contributed by atoms with Gasteiger partial charge in [-0.1, -0.05) is 48.0 Å². The molecule has 0 radical (unpaired) electrons. The Morgan fingerprint density at radius 3 is 2.56 bits per heavy atom. The molecule has 3 aromatic rings. The third kappa shape index (κ3) is 4.20. The normalized spacial score (nSPS) is 11.7. The van der Waals surface area contributed by atoms with Crippen LogP contribution in [0.1, 0.15) is 17.3 Å². The molecule has 0 unspecified atom stereocenters. The number of methoxy groups -OCH3 is 1. The summed E-state index contributed by atoms with van der Waals surface area (Å²) in [6, 6.07) is 17.7. The number of ether oxygens (including phenoxy) is 2. The summed E-state index contributed by atoms with van der Waals surface area (Å²) in [5.74, 6) is -0.586. The fraction of sp³-hybridized carbons (Fsp3) is 0.143. The molecule has 0 aliphatic carbocycles. The van der Waals surface area contributed by atoms with Crippen LogP contribution in [0.2, 0.25) is 5.02 Å². The van der Waals surface area contributed by atoms with Crippen LogP contribution in [-0.4, -0.2) is 25.1 Å². The van der Waals surface area contributed by atoms with Gasteiger partial charge < -0.3 is 14.8 Å². The smallest absolute Gasteiger partial charge is 0.339 e. The number of esters is 1. The van der Waals surface area contributed by atoms with Gasteiger partial charge in [0, 0.05) is 5.02 Å². The first-order chi connectivity index (χ1) is 13.0. The minimum atomic E-state index is -1.000. The van der Waals surface area contributed by atoms with Gasteiger partial charge in [0.05, 0.1) is 18.4 Å². The van der Waals surface area contributed by atoms with Crippen LogP contribution in [0.4, 0.5) is 5.69 Å². The number of carbonyl (C=O) groups excluding carboxylic acids is 2. The van der Waals surface area contributed by atoms with E-state index in [2.05, 4.69) is 5.32 Å². The van der Waals surface area contributed by atoms with Crippen molar-refractivity contribution in [3.8, 4) is 5.75 Å². The van der Waals surface area contributed by atoms with Crippen molar-refractivity contribution in [1.82, 2.24) is 0 Å². The van der Waals surface area contributed by atoms with Gasteiger partial charge in [0.25, 0.3) is 5.91 Å².